The molecule has 0 aromatic heterocycles. The van der Waals surface area contributed by atoms with Crippen molar-refractivity contribution in [2.24, 2.45) is 0 Å². The van der Waals surface area contributed by atoms with Gasteiger partial charge in [0.25, 0.3) is 0 Å². The Labute approximate surface area is 114 Å². The summed E-state index contributed by atoms with van der Waals surface area (Å²) in [4.78, 5) is 0.360. The van der Waals surface area contributed by atoms with Gasteiger partial charge < -0.3 is 0 Å². The van der Waals surface area contributed by atoms with Gasteiger partial charge in [-0.2, -0.15) is 0 Å². The van der Waals surface area contributed by atoms with Gasteiger partial charge in [0.1, 0.15) is 0 Å². The van der Waals surface area contributed by atoms with Crippen LogP contribution in [0.1, 0.15) is 30.4 Å². The van der Waals surface area contributed by atoms with Crippen LogP contribution in [-0.4, -0.2) is 19.8 Å². The quantitative estimate of drug-likeness (QED) is 0.869. The molecule has 0 spiro atoms. The highest BCUT2D eigenvalue weighted by atomic mass is 35.5. The molecule has 0 saturated heterocycles. The zero-order valence-electron chi connectivity index (χ0n) is 10.6. The van der Waals surface area contributed by atoms with E-state index in [2.05, 4.69) is 4.72 Å². The molecule has 2 atom stereocenters. The molecule has 0 bridgehead atoms. The fourth-order valence-electron chi connectivity index (χ4n) is 2.31. The van der Waals surface area contributed by atoms with Crippen LogP contribution in [0.15, 0.2) is 23.1 Å². The van der Waals surface area contributed by atoms with Gasteiger partial charge in [-0.3, -0.25) is 0 Å². The lowest BCUT2D eigenvalue weighted by Gasteiger charge is -2.17. The summed E-state index contributed by atoms with van der Waals surface area (Å²) in [5.41, 5.74) is 1.70. The number of nitrogens with one attached hydrogen (secondary N) is 1. The van der Waals surface area contributed by atoms with Crippen molar-refractivity contribution >= 4 is 21.6 Å². The summed E-state index contributed by atoms with van der Waals surface area (Å²) in [7, 11) is -3.46. The van der Waals surface area contributed by atoms with Gasteiger partial charge in [-0.1, -0.05) is 18.6 Å². The predicted molar refractivity (Wildman–Crippen MR) is 73.5 cm³/mol. The predicted octanol–water partition coefficient (Wildman–Crippen LogP) is 2.74. The molecule has 18 heavy (non-hydrogen) atoms. The van der Waals surface area contributed by atoms with Crippen molar-refractivity contribution in [2.45, 2.75) is 49.4 Å². The second-order valence-electron chi connectivity index (χ2n) is 4.94. The molecule has 3 nitrogen and oxygen atoms in total. The maximum absolute atomic E-state index is 12.3. The second-order valence-corrected chi connectivity index (χ2v) is 7.19. The van der Waals surface area contributed by atoms with Crippen LogP contribution in [0.3, 0.4) is 0 Å². The van der Waals surface area contributed by atoms with Crippen molar-refractivity contribution in [3.8, 4) is 0 Å². The van der Waals surface area contributed by atoms with Crippen LogP contribution in [0, 0.1) is 13.8 Å². The van der Waals surface area contributed by atoms with E-state index in [0.717, 1.165) is 30.4 Å². The first kappa shape index (κ1) is 13.8. The normalized spacial score (nSPS) is 24.4. The smallest absolute Gasteiger partial charge is 0.207 e. The van der Waals surface area contributed by atoms with Crippen LogP contribution in [0.2, 0.25) is 0 Å². The third-order valence-corrected chi connectivity index (χ3v) is 5.53. The molecule has 1 aliphatic carbocycles. The van der Waals surface area contributed by atoms with Crippen molar-refractivity contribution in [2.75, 3.05) is 0 Å². The minimum Gasteiger partial charge on any atom is -0.207 e. The highest BCUT2D eigenvalue weighted by molar-refractivity contribution is 7.89. The Balaban J connectivity index is 2.28. The Hall–Kier alpha value is -0.580. The molecule has 2 rings (SSSR count). The molecule has 0 amide bonds. The van der Waals surface area contributed by atoms with Gasteiger partial charge in [0, 0.05) is 11.4 Å². The van der Waals surface area contributed by atoms with E-state index in [-0.39, 0.29) is 11.4 Å². The topological polar surface area (TPSA) is 46.2 Å². The second kappa shape index (κ2) is 5.19. The molecule has 1 aromatic rings. The maximum Gasteiger partial charge on any atom is 0.241 e. The number of hydrogen-bond acceptors (Lipinski definition) is 2. The highest BCUT2D eigenvalue weighted by Crippen LogP contribution is 2.26. The van der Waals surface area contributed by atoms with Gasteiger partial charge in [-0.05, 0) is 43.9 Å². The fraction of sp³-hybridized carbons (Fsp3) is 0.538. The standard InChI is InChI=1S/C13H18ClNO2S/c1-9-6-7-10(2)13(8-9)18(16,17)15-12-5-3-4-11(12)14/h6-8,11-12,15H,3-5H2,1-2H3. The molecule has 2 unspecified atom stereocenters. The molecule has 1 aromatic carbocycles. The van der Waals surface area contributed by atoms with Crippen molar-refractivity contribution in [3.05, 3.63) is 29.3 Å². The Morgan fingerprint density at radius 3 is 2.61 bits per heavy atom. The van der Waals surface area contributed by atoms with Gasteiger partial charge in [-0.25, -0.2) is 13.1 Å². The zero-order chi connectivity index (χ0) is 13.3. The molecular weight excluding hydrogens is 270 g/mol. The van der Waals surface area contributed by atoms with E-state index in [1.165, 1.54) is 0 Å². The van der Waals surface area contributed by atoms with E-state index in [4.69, 9.17) is 11.6 Å². The first-order valence-corrected chi connectivity index (χ1v) is 8.06. The first-order chi connectivity index (χ1) is 8.40. The van der Waals surface area contributed by atoms with Gasteiger partial charge in [0.15, 0.2) is 0 Å². The largest absolute Gasteiger partial charge is 0.241 e. The summed E-state index contributed by atoms with van der Waals surface area (Å²) in [6, 6.07) is 5.30. The van der Waals surface area contributed by atoms with Gasteiger partial charge in [0.05, 0.1) is 4.90 Å². The van der Waals surface area contributed by atoms with Crippen LogP contribution in [0.5, 0.6) is 0 Å². The van der Waals surface area contributed by atoms with Gasteiger partial charge in [-0.15, -0.1) is 11.6 Å². The number of benzene rings is 1. The molecule has 0 heterocycles. The average molecular weight is 288 g/mol. The van der Waals surface area contributed by atoms with Crippen molar-refractivity contribution in [1.29, 1.82) is 0 Å². The average Bonchev–Trinajstić information content (AvgIpc) is 2.67. The molecule has 1 N–H and O–H groups in total. The van der Waals surface area contributed by atoms with Gasteiger partial charge in [0.2, 0.25) is 10.0 Å². The van der Waals surface area contributed by atoms with Crippen LogP contribution in [0.4, 0.5) is 0 Å². The van der Waals surface area contributed by atoms with Crippen molar-refractivity contribution in [1.82, 2.24) is 4.72 Å². The number of aryl methyl sites for hydroxylation is 2. The van der Waals surface area contributed by atoms with E-state index in [9.17, 15) is 8.42 Å². The number of hydrogen-bond donors (Lipinski definition) is 1. The summed E-state index contributed by atoms with van der Waals surface area (Å²) in [5.74, 6) is 0. The molecule has 5 heteroatoms. The number of halogens is 1. The molecule has 1 saturated carbocycles. The number of rotatable bonds is 3. The lowest BCUT2D eigenvalue weighted by molar-refractivity contribution is 0.553. The monoisotopic (exact) mass is 287 g/mol. The Bertz CT molecular complexity index is 542. The Morgan fingerprint density at radius 2 is 2.00 bits per heavy atom. The highest BCUT2D eigenvalue weighted by Gasteiger charge is 2.30. The Kier molecular flexibility index (Phi) is 3.99. The fourth-order valence-corrected chi connectivity index (χ4v) is 4.37. The SMILES string of the molecule is Cc1ccc(C)c(S(=O)(=O)NC2CCCC2Cl)c1. The molecule has 0 radical (unpaired) electrons. The lowest BCUT2D eigenvalue weighted by atomic mass is 10.2. The zero-order valence-corrected chi connectivity index (χ0v) is 12.2. The number of sulfonamides is 1. The molecule has 1 aliphatic rings. The molecular formula is C13H18ClNO2S. The molecule has 100 valence electrons. The minimum absolute atomic E-state index is 0.0927. The summed E-state index contributed by atoms with van der Waals surface area (Å²) < 4.78 is 27.4. The van der Waals surface area contributed by atoms with Crippen LogP contribution in [0.25, 0.3) is 0 Å². The van der Waals surface area contributed by atoms with E-state index in [1.54, 1.807) is 13.0 Å². The Morgan fingerprint density at radius 1 is 1.28 bits per heavy atom. The van der Waals surface area contributed by atoms with Crippen LogP contribution >= 0.6 is 11.6 Å². The van der Waals surface area contributed by atoms with Gasteiger partial charge >= 0.3 is 0 Å². The van der Waals surface area contributed by atoms with E-state index < -0.39 is 10.0 Å². The first-order valence-electron chi connectivity index (χ1n) is 6.14. The number of alkyl halides is 1. The summed E-state index contributed by atoms with van der Waals surface area (Å²) in [6.45, 7) is 3.69. The third kappa shape index (κ3) is 2.87. The van der Waals surface area contributed by atoms with E-state index in [1.807, 2.05) is 19.1 Å². The van der Waals surface area contributed by atoms with Crippen molar-refractivity contribution < 1.29 is 8.42 Å². The lowest BCUT2D eigenvalue weighted by Crippen LogP contribution is -2.38. The molecule has 1 fully saturated rings. The van der Waals surface area contributed by atoms with Crippen LogP contribution in [-0.2, 0) is 10.0 Å². The summed E-state index contributed by atoms with van der Waals surface area (Å²) >= 11 is 6.12. The maximum atomic E-state index is 12.3. The van der Waals surface area contributed by atoms with Crippen LogP contribution < -0.4 is 4.72 Å². The van der Waals surface area contributed by atoms with E-state index >= 15 is 0 Å². The van der Waals surface area contributed by atoms with E-state index in [0.29, 0.717) is 4.90 Å². The summed E-state index contributed by atoms with van der Waals surface area (Å²) in [6.07, 6.45) is 2.67. The van der Waals surface area contributed by atoms with Crippen molar-refractivity contribution in [3.63, 3.8) is 0 Å². The third-order valence-electron chi connectivity index (χ3n) is 3.37. The minimum atomic E-state index is -3.46. The molecule has 0 aliphatic heterocycles. The summed E-state index contributed by atoms with van der Waals surface area (Å²) in [5, 5.41) is -0.0927.